The summed E-state index contributed by atoms with van der Waals surface area (Å²) in [6.45, 7) is 2.08. The van der Waals surface area contributed by atoms with Crippen molar-refractivity contribution in [1.29, 1.82) is 0 Å². The Morgan fingerprint density at radius 2 is 1.93 bits per heavy atom. The SMILES string of the molecule is COC=O.Cc1cccc(F)c1C=O. The van der Waals surface area contributed by atoms with Crippen LogP contribution in [-0.2, 0) is 9.53 Å². The van der Waals surface area contributed by atoms with Crippen molar-refractivity contribution in [1.82, 2.24) is 0 Å². The molecule has 0 fully saturated rings. The molecule has 76 valence electrons. The summed E-state index contributed by atoms with van der Waals surface area (Å²) in [4.78, 5) is 19.2. The first-order valence-electron chi connectivity index (χ1n) is 3.84. The highest BCUT2D eigenvalue weighted by Gasteiger charge is 2.01. The van der Waals surface area contributed by atoms with Gasteiger partial charge in [0.2, 0.25) is 0 Å². The Balaban J connectivity index is 0.000000364. The third-order valence-electron chi connectivity index (χ3n) is 1.48. The van der Waals surface area contributed by atoms with E-state index in [1.165, 1.54) is 13.2 Å². The molecule has 0 bridgehead atoms. The Morgan fingerprint density at radius 3 is 2.21 bits per heavy atom. The van der Waals surface area contributed by atoms with Crippen LogP contribution < -0.4 is 0 Å². The summed E-state index contributed by atoms with van der Waals surface area (Å²) in [6, 6.07) is 4.56. The molecule has 1 aromatic carbocycles. The van der Waals surface area contributed by atoms with Gasteiger partial charge >= 0.3 is 0 Å². The van der Waals surface area contributed by atoms with Gasteiger partial charge in [-0.1, -0.05) is 12.1 Å². The minimum atomic E-state index is -0.449. The third-order valence-corrected chi connectivity index (χ3v) is 1.48. The Morgan fingerprint density at radius 1 is 1.36 bits per heavy atom. The first kappa shape index (κ1) is 12.3. The molecule has 14 heavy (non-hydrogen) atoms. The molecule has 0 N–H and O–H groups in total. The van der Waals surface area contributed by atoms with Gasteiger partial charge in [0, 0.05) is 0 Å². The molecule has 0 amide bonds. The van der Waals surface area contributed by atoms with Crippen LogP contribution in [0.2, 0.25) is 0 Å². The lowest BCUT2D eigenvalue weighted by atomic mass is 10.1. The van der Waals surface area contributed by atoms with Crippen LogP contribution in [0.3, 0.4) is 0 Å². The maximum Gasteiger partial charge on any atom is 0.292 e. The van der Waals surface area contributed by atoms with Crippen LogP contribution in [0.5, 0.6) is 0 Å². The second kappa shape index (κ2) is 6.77. The summed E-state index contributed by atoms with van der Waals surface area (Å²) in [6.07, 6.45) is 0.532. The van der Waals surface area contributed by atoms with Crippen molar-refractivity contribution in [3.05, 3.63) is 35.1 Å². The predicted octanol–water partition coefficient (Wildman–Crippen LogP) is 1.74. The largest absolute Gasteiger partial charge is 0.471 e. The molecule has 0 aliphatic carbocycles. The fourth-order valence-corrected chi connectivity index (χ4v) is 0.794. The molecule has 0 aliphatic heterocycles. The average molecular weight is 198 g/mol. The average Bonchev–Trinajstić information content (AvgIpc) is 2.19. The summed E-state index contributed by atoms with van der Waals surface area (Å²) in [5, 5.41) is 0. The smallest absolute Gasteiger partial charge is 0.292 e. The zero-order chi connectivity index (χ0) is 11.0. The fourth-order valence-electron chi connectivity index (χ4n) is 0.794. The van der Waals surface area contributed by atoms with Gasteiger partial charge in [-0.25, -0.2) is 4.39 Å². The molecule has 0 heterocycles. The molecule has 0 radical (unpaired) electrons. The minimum absolute atomic E-state index is 0.155. The number of carbonyl (C=O) groups is 2. The van der Waals surface area contributed by atoms with Crippen molar-refractivity contribution in [3.63, 3.8) is 0 Å². The Labute approximate surface area is 81.5 Å². The van der Waals surface area contributed by atoms with Gasteiger partial charge in [0.05, 0.1) is 12.7 Å². The highest BCUT2D eigenvalue weighted by Crippen LogP contribution is 2.08. The monoisotopic (exact) mass is 198 g/mol. The van der Waals surface area contributed by atoms with Gasteiger partial charge in [-0.3, -0.25) is 9.59 Å². The number of rotatable bonds is 2. The Hall–Kier alpha value is -1.71. The summed E-state index contributed by atoms with van der Waals surface area (Å²) in [7, 11) is 1.31. The van der Waals surface area contributed by atoms with E-state index in [-0.39, 0.29) is 5.56 Å². The standard InChI is InChI=1S/C8H7FO.C2H4O2/c1-6-3-2-4-8(9)7(6)5-10;1-4-2-3/h2-5H,1H3;2H,1H3. The number of carbonyl (C=O) groups excluding carboxylic acids is 2. The molecule has 0 aliphatic rings. The second-order valence-corrected chi connectivity index (χ2v) is 2.42. The van der Waals surface area contributed by atoms with Crippen LogP contribution in [0, 0.1) is 12.7 Å². The van der Waals surface area contributed by atoms with Crippen molar-refractivity contribution >= 4 is 12.8 Å². The van der Waals surface area contributed by atoms with Gasteiger partial charge in [0.15, 0.2) is 6.29 Å². The summed E-state index contributed by atoms with van der Waals surface area (Å²) >= 11 is 0. The van der Waals surface area contributed by atoms with Gasteiger partial charge in [-0.05, 0) is 18.6 Å². The van der Waals surface area contributed by atoms with Crippen molar-refractivity contribution in [2.45, 2.75) is 6.92 Å². The zero-order valence-corrected chi connectivity index (χ0v) is 7.99. The molecule has 0 saturated carbocycles. The first-order chi connectivity index (χ1) is 6.67. The van der Waals surface area contributed by atoms with Crippen LogP contribution in [0.4, 0.5) is 4.39 Å². The topological polar surface area (TPSA) is 43.4 Å². The van der Waals surface area contributed by atoms with Gasteiger partial charge in [-0.15, -0.1) is 0 Å². The zero-order valence-electron chi connectivity index (χ0n) is 7.99. The maximum atomic E-state index is 12.6. The van der Waals surface area contributed by atoms with Crippen LogP contribution in [-0.4, -0.2) is 19.9 Å². The molecule has 0 atom stereocenters. The van der Waals surface area contributed by atoms with Crippen molar-refractivity contribution < 1.29 is 18.7 Å². The number of aldehydes is 1. The lowest BCUT2D eigenvalue weighted by Gasteiger charge is -1.96. The van der Waals surface area contributed by atoms with E-state index in [9.17, 15) is 9.18 Å². The normalized spacial score (nSPS) is 8.21. The highest BCUT2D eigenvalue weighted by atomic mass is 19.1. The molecule has 0 spiro atoms. The molecule has 0 unspecified atom stereocenters. The molecular formula is C10H11FO3. The second-order valence-electron chi connectivity index (χ2n) is 2.42. The minimum Gasteiger partial charge on any atom is -0.471 e. The summed E-state index contributed by atoms with van der Waals surface area (Å²) < 4.78 is 16.5. The van der Waals surface area contributed by atoms with E-state index < -0.39 is 5.82 Å². The predicted molar refractivity (Wildman–Crippen MR) is 49.6 cm³/mol. The van der Waals surface area contributed by atoms with E-state index >= 15 is 0 Å². The van der Waals surface area contributed by atoms with Crippen molar-refractivity contribution in [2.24, 2.45) is 0 Å². The van der Waals surface area contributed by atoms with Gasteiger partial charge in [-0.2, -0.15) is 0 Å². The lowest BCUT2D eigenvalue weighted by molar-refractivity contribution is -0.126. The van der Waals surface area contributed by atoms with E-state index in [4.69, 9.17) is 4.79 Å². The van der Waals surface area contributed by atoms with Crippen molar-refractivity contribution in [2.75, 3.05) is 7.11 Å². The van der Waals surface area contributed by atoms with Crippen LogP contribution in [0.1, 0.15) is 15.9 Å². The lowest BCUT2D eigenvalue weighted by Crippen LogP contribution is -1.90. The van der Waals surface area contributed by atoms with E-state index in [2.05, 4.69) is 4.74 Å². The quantitative estimate of drug-likeness (QED) is 0.680. The van der Waals surface area contributed by atoms with Crippen molar-refractivity contribution in [3.8, 4) is 0 Å². The fraction of sp³-hybridized carbons (Fsp3) is 0.200. The maximum absolute atomic E-state index is 12.6. The number of methoxy groups -OCH3 is 1. The Kier molecular flexibility index (Phi) is 5.94. The molecule has 0 aromatic heterocycles. The Bertz CT molecular complexity index is 290. The molecule has 0 saturated heterocycles. The van der Waals surface area contributed by atoms with Crippen LogP contribution in [0.25, 0.3) is 0 Å². The summed E-state index contributed by atoms with van der Waals surface area (Å²) in [5.74, 6) is -0.449. The number of ether oxygens (including phenoxy) is 1. The number of halogens is 1. The number of benzene rings is 1. The molecule has 4 heteroatoms. The van der Waals surface area contributed by atoms with E-state index in [0.29, 0.717) is 18.3 Å². The van der Waals surface area contributed by atoms with E-state index in [1.54, 1.807) is 19.1 Å². The number of hydrogen-bond acceptors (Lipinski definition) is 3. The van der Waals surface area contributed by atoms with Gasteiger partial charge in [0.25, 0.3) is 6.47 Å². The highest BCUT2D eigenvalue weighted by molar-refractivity contribution is 5.77. The van der Waals surface area contributed by atoms with Crippen LogP contribution in [0.15, 0.2) is 18.2 Å². The molecular weight excluding hydrogens is 187 g/mol. The van der Waals surface area contributed by atoms with Gasteiger partial charge < -0.3 is 4.74 Å². The van der Waals surface area contributed by atoms with Gasteiger partial charge in [0.1, 0.15) is 5.82 Å². The third kappa shape index (κ3) is 3.80. The number of hydrogen-bond donors (Lipinski definition) is 0. The summed E-state index contributed by atoms with van der Waals surface area (Å²) in [5.41, 5.74) is 0.831. The van der Waals surface area contributed by atoms with Crippen LogP contribution >= 0.6 is 0 Å². The molecule has 3 nitrogen and oxygen atoms in total. The van der Waals surface area contributed by atoms with E-state index in [1.807, 2.05) is 0 Å². The molecule has 1 rings (SSSR count). The van der Waals surface area contributed by atoms with E-state index in [0.717, 1.165) is 0 Å². The first-order valence-corrected chi connectivity index (χ1v) is 3.84. The number of aryl methyl sites for hydroxylation is 1. The molecule has 1 aromatic rings.